The number of hydrogen-bond acceptors (Lipinski definition) is 4. The Balaban J connectivity index is 1.71. The second-order valence-corrected chi connectivity index (χ2v) is 6.47. The van der Waals surface area contributed by atoms with Gasteiger partial charge < -0.3 is 4.74 Å². The molecule has 0 atom stereocenters. The smallest absolute Gasteiger partial charge is 0.102 e. The van der Waals surface area contributed by atoms with Crippen molar-refractivity contribution in [2.45, 2.75) is 0 Å². The van der Waals surface area contributed by atoms with Gasteiger partial charge in [-0.3, -0.25) is 5.01 Å². The zero-order valence-corrected chi connectivity index (χ0v) is 15.0. The molecule has 3 aromatic rings. The lowest BCUT2D eigenvalue weighted by molar-refractivity contribution is 0.0397. The molecule has 0 unspecified atom stereocenters. The second-order valence-electron chi connectivity index (χ2n) is 6.03. The Kier molecular flexibility index (Phi) is 5.00. The highest BCUT2D eigenvalue weighted by Crippen LogP contribution is 2.24. The molecule has 26 heavy (non-hydrogen) atoms. The molecule has 0 aliphatic carbocycles. The van der Waals surface area contributed by atoms with Crippen LogP contribution in [0.5, 0.6) is 0 Å². The van der Waals surface area contributed by atoms with Crippen molar-refractivity contribution in [3.63, 3.8) is 0 Å². The number of ether oxygens (including phenoxy) is 1. The van der Waals surface area contributed by atoms with Crippen molar-refractivity contribution < 1.29 is 4.74 Å². The molecule has 5 nitrogen and oxygen atoms in total. The zero-order valence-electron chi connectivity index (χ0n) is 14.3. The number of aromatic nitrogens is 2. The first-order valence-electron chi connectivity index (χ1n) is 8.57. The van der Waals surface area contributed by atoms with Gasteiger partial charge in [-0.2, -0.15) is 10.2 Å². The first-order chi connectivity index (χ1) is 12.8. The van der Waals surface area contributed by atoms with Crippen LogP contribution >= 0.6 is 11.6 Å². The molecule has 0 saturated carbocycles. The number of nitrogens with zero attached hydrogens (tertiary/aromatic N) is 4. The van der Waals surface area contributed by atoms with E-state index in [1.54, 1.807) is 0 Å². The van der Waals surface area contributed by atoms with Crippen LogP contribution in [-0.4, -0.2) is 47.3 Å². The summed E-state index contributed by atoms with van der Waals surface area (Å²) >= 11 is 6.03. The van der Waals surface area contributed by atoms with Crippen molar-refractivity contribution in [1.82, 2.24) is 14.8 Å². The van der Waals surface area contributed by atoms with Gasteiger partial charge in [0, 0.05) is 22.3 Å². The van der Waals surface area contributed by atoms with E-state index in [-0.39, 0.29) is 0 Å². The molecule has 0 radical (unpaired) electrons. The number of benzene rings is 2. The average molecular weight is 367 g/mol. The predicted octanol–water partition coefficient (Wildman–Crippen LogP) is 3.86. The van der Waals surface area contributed by atoms with Crippen LogP contribution in [0.4, 0.5) is 0 Å². The van der Waals surface area contributed by atoms with Crippen molar-refractivity contribution in [2.24, 2.45) is 5.10 Å². The van der Waals surface area contributed by atoms with E-state index in [0.717, 1.165) is 35.6 Å². The van der Waals surface area contributed by atoms with Gasteiger partial charge in [0.05, 0.1) is 38.2 Å². The van der Waals surface area contributed by atoms with Crippen LogP contribution in [-0.2, 0) is 4.74 Å². The first-order valence-corrected chi connectivity index (χ1v) is 8.95. The van der Waals surface area contributed by atoms with Gasteiger partial charge in [0.25, 0.3) is 0 Å². The van der Waals surface area contributed by atoms with Gasteiger partial charge in [0.2, 0.25) is 0 Å². The minimum atomic E-state index is 0.708. The normalized spacial score (nSPS) is 14.9. The summed E-state index contributed by atoms with van der Waals surface area (Å²) in [5.74, 6) is 0. The molecular weight excluding hydrogens is 348 g/mol. The van der Waals surface area contributed by atoms with E-state index in [1.165, 1.54) is 0 Å². The summed E-state index contributed by atoms with van der Waals surface area (Å²) in [6, 6.07) is 17.8. The number of hydrogen-bond donors (Lipinski definition) is 0. The minimum Gasteiger partial charge on any atom is -0.378 e. The van der Waals surface area contributed by atoms with Gasteiger partial charge in [-0.25, -0.2) is 4.68 Å². The lowest BCUT2D eigenvalue weighted by Crippen LogP contribution is -2.32. The third kappa shape index (κ3) is 3.79. The van der Waals surface area contributed by atoms with Crippen molar-refractivity contribution in [2.75, 3.05) is 26.3 Å². The quantitative estimate of drug-likeness (QED) is 0.658. The van der Waals surface area contributed by atoms with E-state index in [9.17, 15) is 0 Å². The average Bonchev–Trinajstić information content (AvgIpc) is 3.13. The van der Waals surface area contributed by atoms with Crippen molar-refractivity contribution >= 4 is 17.8 Å². The van der Waals surface area contributed by atoms with Crippen LogP contribution in [0.25, 0.3) is 16.9 Å². The van der Waals surface area contributed by atoms with E-state index in [2.05, 4.69) is 5.10 Å². The molecule has 2 aromatic carbocycles. The molecule has 132 valence electrons. The topological polar surface area (TPSA) is 42.7 Å². The Morgan fingerprint density at radius 3 is 2.46 bits per heavy atom. The third-order valence-corrected chi connectivity index (χ3v) is 4.48. The summed E-state index contributed by atoms with van der Waals surface area (Å²) in [5.41, 5.74) is 3.85. The predicted molar refractivity (Wildman–Crippen MR) is 104 cm³/mol. The van der Waals surface area contributed by atoms with Gasteiger partial charge in [-0.05, 0) is 24.3 Å². The molecule has 1 fully saturated rings. The lowest BCUT2D eigenvalue weighted by atomic mass is 10.1. The Bertz CT molecular complexity index is 884. The molecule has 1 saturated heterocycles. The van der Waals surface area contributed by atoms with Crippen LogP contribution < -0.4 is 0 Å². The Morgan fingerprint density at radius 2 is 1.73 bits per heavy atom. The summed E-state index contributed by atoms with van der Waals surface area (Å²) in [7, 11) is 0. The van der Waals surface area contributed by atoms with Crippen LogP contribution in [0.1, 0.15) is 5.56 Å². The molecular formula is C20H19ClN4O. The van der Waals surface area contributed by atoms with Crippen molar-refractivity contribution in [3.8, 4) is 16.9 Å². The Morgan fingerprint density at radius 1 is 1.00 bits per heavy atom. The molecule has 0 amide bonds. The molecule has 1 aliphatic rings. The fraction of sp³-hybridized carbons (Fsp3) is 0.200. The molecule has 2 heterocycles. The van der Waals surface area contributed by atoms with E-state index in [1.807, 2.05) is 76.7 Å². The maximum absolute atomic E-state index is 6.03. The highest BCUT2D eigenvalue weighted by molar-refractivity contribution is 6.30. The number of morpholine rings is 1. The van der Waals surface area contributed by atoms with E-state index < -0.39 is 0 Å². The zero-order chi connectivity index (χ0) is 17.8. The van der Waals surface area contributed by atoms with Crippen molar-refractivity contribution in [1.29, 1.82) is 0 Å². The maximum atomic E-state index is 6.03. The van der Waals surface area contributed by atoms with Gasteiger partial charge in [0.15, 0.2) is 0 Å². The maximum Gasteiger partial charge on any atom is 0.102 e. The second kappa shape index (κ2) is 7.72. The number of para-hydroxylation sites is 1. The molecule has 1 aromatic heterocycles. The first kappa shape index (κ1) is 16.8. The molecule has 0 spiro atoms. The summed E-state index contributed by atoms with van der Waals surface area (Å²) < 4.78 is 7.25. The monoisotopic (exact) mass is 366 g/mol. The molecule has 0 N–H and O–H groups in total. The number of rotatable bonds is 4. The molecule has 0 bridgehead atoms. The fourth-order valence-corrected chi connectivity index (χ4v) is 2.97. The lowest BCUT2D eigenvalue weighted by Gasteiger charge is -2.23. The summed E-state index contributed by atoms with van der Waals surface area (Å²) in [6.07, 6.45) is 3.88. The van der Waals surface area contributed by atoms with Gasteiger partial charge >= 0.3 is 0 Å². The largest absolute Gasteiger partial charge is 0.378 e. The number of hydrazone groups is 1. The van der Waals surface area contributed by atoms with Crippen LogP contribution in [0, 0.1) is 0 Å². The fourth-order valence-electron chi connectivity index (χ4n) is 2.84. The van der Waals surface area contributed by atoms with Crippen molar-refractivity contribution in [3.05, 3.63) is 71.4 Å². The standard InChI is InChI=1S/C20H19ClN4O/c21-18-8-6-16(7-9-18)20-17(14-22-24-10-12-26-13-11-24)15-25(23-20)19-4-2-1-3-5-19/h1-9,14-15H,10-13H2/b22-14-. The SMILES string of the molecule is Clc1ccc(-c2nn(-c3ccccc3)cc2/C=N\N2CCOCC2)cc1. The van der Waals surface area contributed by atoms with Gasteiger partial charge in [-0.15, -0.1) is 0 Å². The highest BCUT2D eigenvalue weighted by Gasteiger charge is 2.12. The van der Waals surface area contributed by atoms with E-state index in [4.69, 9.17) is 21.4 Å². The molecule has 4 rings (SSSR count). The Labute approximate surface area is 157 Å². The summed E-state index contributed by atoms with van der Waals surface area (Å²) in [4.78, 5) is 0. The summed E-state index contributed by atoms with van der Waals surface area (Å²) in [5, 5.41) is 12.1. The van der Waals surface area contributed by atoms with E-state index in [0.29, 0.717) is 18.2 Å². The Hall–Kier alpha value is -2.63. The minimum absolute atomic E-state index is 0.708. The molecule has 1 aliphatic heterocycles. The van der Waals surface area contributed by atoms with Crippen LogP contribution in [0.3, 0.4) is 0 Å². The van der Waals surface area contributed by atoms with Gasteiger partial charge in [0.1, 0.15) is 5.69 Å². The number of halogens is 1. The summed E-state index contributed by atoms with van der Waals surface area (Å²) in [6.45, 7) is 3.04. The van der Waals surface area contributed by atoms with E-state index >= 15 is 0 Å². The van der Waals surface area contributed by atoms with Crippen LogP contribution in [0.2, 0.25) is 5.02 Å². The third-order valence-electron chi connectivity index (χ3n) is 4.23. The van der Waals surface area contributed by atoms with Crippen LogP contribution in [0.15, 0.2) is 65.9 Å². The highest BCUT2D eigenvalue weighted by atomic mass is 35.5. The molecule has 6 heteroatoms. The van der Waals surface area contributed by atoms with Gasteiger partial charge in [-0.1, -0.05) is 41.9 Å².